The van der Waals surface area contributed by atoms with Crippen LogP contribution < -0.4 is 5.32 Å². The van der Waals surface area contributed by atoms with Gasteiger partial charge in [-0.05, 0) is 67.5 Å². The summed E-state index contributed by atoms with van der Waals surface area (Å²) in [6.45, 7) is 2.77. The van der Waals surface area contributed by atoms with Crippen molar-refractivity contribution in [1.29, 1.82) is 0 Å². The van der Waals surface area contributed by atoms with Crippen molar-refractivity contribution >= 4 is 21.8 Å². The maximum atomic E-state index is 12.6. The van der Waals surface area contributed by atoms with Gasteiger partial charge in [-0.2, -0.15) is 5.10 Å². The third kappa shape index (κ3) is 3.31. The van der Waals surface area contributed by atoms with Crippen molar-refractivity contribution < 1.29 is 4.79 Å². The summed E-state index contributed by atoms with van der Waals surface area (Å²) in [5, 5.41) is 10.5. The van der Waals surface area contributed by atoms with E-state index in [0.29, 0.717) is 11.6 Å². The molecule has 1 saturated carbocycles. The minimum absolute atomic E-state index is 0.0668. The van der Waals surface area contributed by atoms with Gasteiger partial charge in [0.05, 0.1) is 10.2 Å². The number of hydrogen-bond donors (Lipinski definition) is 2. The molecule has 3 rings (SSSR count). The van der Waals surface area contributed by atoms with Crippen molar-refractivity contribution in [3.63, 3.8) is 0 Å². The summed E-state index contributed by atoms with van der Waals surface area (Å²) in [7, 11) is 1.99. The van der Waals surface area contributed by atoms with Gasteiger partial charge in [-0.15, -0.1) is 0 Å². The molecule has 1 aromatic rings. The van der Waals surface area contributed by atoms with Gasteiger partial charge < -0.3 is 10.2 Å². The molecule has 2 N–H and O–H groups in total. The van der Waals surface area contributed by atoms with Crippen LogP contribution in [-0.4, -0.2) is 47.7 Å². The van der Waals surface area contributed by atoms with Gasteiger partial charge in [0.2, 0.25) is 0 Å². The predicted octanol–water partition coefficient (Wildman–Crippen LogP) is 2.51. The second-order valence-corrected chi connectivity index (χ2v) is 6.99. The van der Waals surface area contributed by atoms with Crippen LogP contribution in [0.4, 0.5) is 0 Å². The molecule has 1 saturated heterocycles. The smallest absolute Gasteiger partial charge is 0.275 e. The first-order valence-electron chi connectivity index (χ1n) is 7.88. The molecule has 2 fully saturated rings. The molecule has 0 radical (unpaired) electrons. The summed E-state index contributed by atoms with van der Waals surface area (Å²) in [6, 6.07) is 0. The van der Waals surface area contributed by atoms with E-state index in [-0.39, 0.29) is 5.91 Å². The molecule has 0 unspecified atom stereocenters. The number of nitrogens with zero attached hydrogens (tertiary/aromatic N) is 2. The zero-order chi connectivity index (χ0) is 14.8. The second-order valence-electron chi connectivity index (χ2n) is 6.20. The lowest BCUT2D eigenvalue weighted by molar-refractivity contribution is 0.0680. The zero-order valence-electron chi connectivity index (χ0n) is 12.5. The summed E-state index contributed by atoms with van der Waals surface area (Å²) >= 11 is 3.56. The Balaban J connectivity index is 1.59. The number of H-pyrrole nitrogens is 1. The van der Waals surface area contributed by atoms with E-state index in [1.807, 2.05) is 11.9 Å². The molecule has 5 nitrogen and oxygen atoms in total. The van der Waals surface area contributed by atoms with Crippen molar-refractivity contribution in [2.75, 3.05) is 26.7 Å². The van der Waals surface area contributed by atoms with Crippen LogP contribution in [0.3, 0.4) is 0 Å². The van der Waals surface area contributed by atoms with Gasteiger partial charge >= 0.3 is 0 Å². The van der Waals surface area contributed by atoms with Gasteiger partial charge in [-0.3, -0.25) is 9.89 Å². The van der Waals surface area contributed by atoms with Gasteiger partial charge in [0.25, 0.3) is 5.91 Å². The van der Waals surface area contributed by atoms with Crippen molar-refractivity contribution in [1.82, 2.24) is 20.4 Å². The number of carbonyl (C=O) groups excluding carboxylic acids is 1. The van der Waals surface area contributed by atoms with Crippen LogP contribution in [0.15, 0.2) is 4.47 Å². The van der Waals surface area contributed by atoms with E-state index >= 15 is 0 Å². The fourth-order valence-corrected chi connectivity index (χ4v) is 3.72. The van der Waals surface area contributed by atoms with Crippen LogP contribution in [0.1, 0.15) is 54.2 Å². The molecule has 0 aromatic carbocycles. The quantitative estimate of drug-likeness (QED) is 0.853. The molecule has 21 heavy (non-hydrogen) atoms. The average Bonchev–Trinajstić information content (AvgIpc) is 3.28. The normalized spacial score (nSPS) is 20.0. The SMILES string of the molecule is CNCCC1CCN(C(=O)c2n[nH]c(C3CC3)c2Br)CC1. The highest BCUT2D eigenvalue weighted by atomic mass is 79.9. The Morgan fingerprint density at radius 2 is 2.10 bits per heavy atom. The molecule has 1 aromatic heterocycles. The summed E-state index contributed by atoms with van der Waals surface area (Å²) in [5.41, 5.74) is 1.66. The third-order valence-corrected chi connectivity index (χ3v) is 5.43. The average molecular weight is 355 g/mol. The number of halogens is 1. The van der Waals surface area contributed by atoms with Gasteiger partial charge in [0, 0.05) is 19.0 Å². The van der Waals surface area contributed by atoms with Gasteiger partial charge in [0.1, 0.15) is 0 Å². The molecular weight excluding hydrogens is 332 g/mol. The lowest BCUT2D eigenvalue weighted by Crippen LogP contribution is -2.39. The van der Waals surface area contributed by atoms with Crippen LogP contribution in [0.25, 0.3) is 0 Å². The second kappa shape index (κ2) is 6.48. The van der Waals surface area contributed by atoms with E-state index in [9.17, 15) is 4.79 Å². The van der Waals surface area contributed by atoms with E-state index in [0.717, 1.165) is 48.6 Å². The number of piperidine rings is 1. The van der Waals surface area contributed by atoms with Crippen molar-refractivity contribution in [3.8, 4) is 0 Å². The minimum Gasteiger partial charge on any atom is -0.337 e. The highest BCUT2D eigenvalue weighted by molar-refractivity contribution is 9.10. The highest BCUT2D eigenvalue weighted by Crippen LogP contribution is 2.43. The van der Waals surface area contributed by atoms with Crippen LogP contribution in [-0.2, 0) is 0 Å². The molecule has 2 heterocycles. The summed E-state index contributed by atoms with van der Waals surface area (Å²) in [5.74, 6) is 1.38. The maximum absolute atomic E-state index is 12.6. The van der Waals surface area contributed by atoms with Crippen molar-refractivity contribution in [2.24, 2.45) is 5.92 Å². The fourth-order valence-electron chi connectivity index (χ4n) is 3.05. The molecular formula is C15H23BrN4O. The molecule has 1 aliphatic heterocycles. The molecule has 0 bridgehead atoms. The molecule has 1 aliphatic carbocycles. The number of carbonyl (C=O) groups is 1. The summed E-state index contributed by atoms with van der Waals surface area (Å²) < 4.78 is 0.882. The third-order valence-electron chi connectivity index (χ3n) is 4.63. The molecule has 116 valence electrons. The Morgan fingerprint density at radius 1 is 1.38 bits per heavy atom. The van der Waals surface area contributed by atoms with Gasteiger partial charge in [-0.25, -0.2) is 0 Å². The monoisotopic (exact) mass is 354 g/mol. The number of nitrogens with one attached hydrogen (secondary N) is 2. The zero-order valence-corrected chi connectivity index (χ0v) is 14.1. The highest BCUT2D eigenvalue weighted by Gasteiger charge is 2.32. The Kier molecular flexibility index (Phi) is 4.64. The number of aromatic nitrogens is 2. The first kappa shape index (κ1) is 15.0. The van der Waals surface area contributed by atoms with E-state index in [4.69, 9.17) is 0 Å². The number of rotatable bonds is 5. The lowest BCUT2D eigenvalue weighted by atomic mass is 9.93. The van der Waals surface area contributed by atoms with Crippen LogP contribution >= 0.6 is 15.9 Å². The van der Waals surface area contributed by atoms with E-state index in [1.54, 1.807) is 0 Å². The standard InChI is InChI=1S/C15H23BrN4O/c1-17-7-4-10-5-8-20(9-6-10)15(21)14-12(16)13(18-19-14)11-2-3-11/h10-11,17H,2-9H2,1H3,(H,18,19). The number of amides is 1. The fraction of sp³-hybridized carbons (Fsp3) is 0.733. The van der Waals surface area contributed by atoms with E-state index in [2.05, 4.69) is 31.4 Å². The number of aromatic amines is 1. The first-order chi connectivity index (χ1) is 10.2. The van der Waals surface area contributed by atoms with Crippen LogP contribution in [0.5, 0.6) is 0 Å². The minimum atomic E-state index is 0.0668. The number of likely N-dealkylation sites (tertiary alicyclic amines) is 1. The summed E-state index contributed by atoms with van der Waals surface area (Å²) in [6.07, 6.45) is 5.81. The van der Waals surface area contributed by atoms with Crippen LogP contribution in [0.2, 0.25) is 0 Å². The first-order valence-corrected chi connectivity index (χ1v) is 8.67. The van der Waals surface area contributed by atoms with Gasteiger partial charge in [-0.1, -0.05) is 0 Å². The van der Waals surface area contributed by atoms with E-state index in [1.165, 1.54) is 19.3 Å². The lowest BCUT2D eigenvalue weighted by Gasteiger charge is -2.31. The van der Waals surface area contributed by atoms with Gasteiger partial charge in [0.15, 0.2) is 5.69 Å². The maximum Gasteiger partial charge on any atom is 0.275 e. The largest absolute Gasteiger partial charge is 0.337 e. The Bertz CT molecular complexity index is 504. The van der Waals surface area contributed by atoms with Crippen LogP contribution in [0, 0.1) is 5.92 Å². The molecule has 0 spiro atoms. The Labute approximate surface area is 134 Å². The van der Waals surface area contributed by atoms with Crippen molar-refractivity contribution in [3.05, 3.63) is 15.9 Å². The Morgan fingerprint density at radius 3 is 2.71 bits per heavy atom. The van der Waals surface area contributed by atoms with Crippen molar-refractivity contribution in [2.45, 2.75) is 38.0 Å². The molecule has 1 amide bonds. The number of hydrogen-bond acceptors (Lipinski definition) is 3. The molecule has 0 atom stereocenters. The predicted molar refractivity (Wildman–Crippen MR) is 85.4 cm³/mol. The van der Waals surface area contributed by atoms with E-state index < -0.39 is 0 Å². The Hall–Kier alpha value is -0.880. The molecule has 2 aliphatic rings. The summed E-state index contributed by atoms with van der Waals surface area (Å²) in [4.78, 5) is 14.6. The molecule has 6 heteroatoms. The topological polar surface area (TPSA) is 61.0 Å².